The minimum absolute atomic E-state index is 0.140. The van der Waals surface area contributed by atoms with Crippen molar-refractivity contribution in [2.24, 2.45) is 0 Å². The fourth-order valence-electron chi connectivity index (χ4n) is 1.77. The molecule has 2 aromatic rings. The van der Waals surface area contributed by atoms with Gasteiger partial charge in [-0.3, -0.25) is 4.79 Å². The highest BCUT2D eigenvalue weighted by Crippen LogP contribution is 2.34. The van der Waals surface area contributed by atoms with Crippen LogP contribution < -0.4 is 9.47 Å². The van der Waals surface area contributed by atoms with E-state index in [9.17, 15) is 4.79 Å². The van der Waals surface area contributed by atoms with Crippen molar-refractivity contribution in [2.75, 3.05) is 14.2 Å². The van der Waals surface area contributed by atoms with E-state index < -0.39 is 5.97 Å². The molecular formula is C14H14O5. The molecule has 0 aliphatic rings. The van der Waals surface area contributed by atoms with Crippen LogP contribution in [0, 0.1) is 0 Å². The van der Waals surface area contributed by atoms with Gasteiger partial charge in [-0.2, -0.15) is 0 Å². The molecule has 0 atom stereocenters. The number of carboxylic acid groups (broad SMARTS) is 1. The number of ether oxygens (including phenoxy) is 2. The molecule has 0 saturated heterocycles. The summed E-state index contributed by atoms with van der Waals surface area (Å²) in [5, 5.41) is 8.71. The van der Waals surface area contributed by atoms with Crippen molar-refractivity contribution < 1.29 is 23.8 Å². The number of carboxylic acids is 1. The summed E-state index contributed by atoms with van der Waals surface area (Å²) < 4.78 is 15.9. The molecule has 0 bridgehead atoms. The van der Waals surface area contributed by atoms with E-state index >= 15 is 0 Å². The molecule has 0 unspecified atom stereocenters. The van der Waals surface area contributed by atoms with Crippen LogP contribution in [-0.2, 0) is 11.2 Å². The number of carbonyl (C=O) groups is 1. The van der Waals surface area contributed by atoms with Gasteiger partial charge >= 0.3 is 5.97 Å². The second kappa shape index (κ2) is 5.48. The summed E-state index contributed by atoms with van der Waals surface area (Å²) in [5.41, 5.74) is 0.750. The predicted molar refractivity (Wildman–Crippen MR) is 68.6 cm³/mol. The van der Waals surface area contributed by atoms with Gasteiger partial charge in [-0.15, -0.1) is 0 Å². The Balaban J connectivity index is 2.35. The molecule has 0 aliphatic heterocycles. The fraction of sp³-hybridized carbons (Fsp3) is 0.214. The van der Waals surface area contributed by atoms with Gasteiger partial charge in [0.1, 0.15) is 29.4 Å². The van der Waals surface area contributed by atoms with Gasteiger partial charge in [-0.05, 0) is 24.3 Å². The molecule has 1 aromatic heterocycles. The Morgan fingerprint density at radius 2 is 2.00 bits per heavy atom. The Hall–Kier alpha value is -2.43. The van der Waals surface area contributed by atoms with Crippen molar-refractivity contribution >= 4 is 5.97 Å². The SMILES string of the molecule is COc1ccc(-c2ccc(CC(=O)O)o2)c(OC)c1. The second-order valence-corrected chi connectivity index (χ2v) is 3.90. The van der Waals surface area contributed by atoms with Crippen molar-refractivity contribution in [1.82, 2.24) is 0 Å². The first-order valence-electron chi connectivity index (χ1n) is 5.67. The van der Waals surface area contributed by atoms with E-state index in [4.69, 9.17) is 19.0 Å². The average Bonchev–Trinajstić information content (AvgIpc) is 2.85. The molecule has 1 N–H and O–H groups in total. The number of benzene rings is 1. The first kappa shape index (κ1) is 13.0. The van der Waals surface area contributed by atoms with Crippen LogP contribution in [0.15, 0.2) is 34.7 Å². The van der Waals surface area contributed by atoms with Gasteiger partial charge in [0.25, 0.3) is 0 Å². The molecule has 100 valence electrons. The standard InChI is InChI=1S/C14H14O5/c1-17-9-3-5-11(13(7-9)18-2)12-6-4-10(19-12)8-14(15)16/h3-7H,8H2,1-2H3,(H,15,16). The van der Waals surface area contributed by atoms with E-state index in [0.717, 1.165) is 5.56 Å². The minimum atomic E-state index is -0.928. The zero-order valence-electron chi connectivity index (χ0n) is 10.7. The first-order chi connectivity index (χ1) is 9.13. The number of hydrogen-bond acceptors (Lipinski definition) is 4. The third-order valence-corrected chi connectivity index (χ3v) is 2.66. The summed E-state index contributed by atoms with van der Waals surface area (Å²) in [6, 6.07) is 8.71. The van der Waals surface area contributed by atoms with Crippen molar-refractivity contribution in [1.29, 1.82) is 0 Å². The quantitative estimate of drug-likeness (QED) is 0.896. The summed E-state index contributed by atoms with van der Waals surface area (Å²) in [6.45, 7) is 0. The van der Waals surface area contributed by atoms with Crippen LogP contribution >= 0.6 is 0 Å². The van der Waals surface area contributed by atoms with Gasteiger partial charge in [-0.1, -0.05) is 0 Å². The molecule has 0 saturated carbocycles. The molecule has 0 aliphatic carbocycles. The van der Waals surface area contributed by atoms with Crippen molar-refractivity contribution in [3.8, 4) is 22.8 Å². The van der Waals surface area contributed by atoms with Gasteiger partial charge in [-0.25, -0.2) is 0 Å². The third-order valence-electron chi connectivity index (χ3n) is 2.66. The normalized spacial score (nSPS) is 10.2. The number of aliphatic carboxylic acids is 1. The maximum absolute atomic E-state index is 10.6. The Morgan fingerprint density at radius 3 is 2.63 bits per heavy atom. The van der Waals surface area contributed by atoms with Gasteiger partial charge in [0.05, 0.1) is 19.8 Å². The highest BCUT2D eigenvalue weighted by atomic mass is 16.5. The largest absolute Gasteiger partial charge is 0.497 e. The van der Waals surface area contributed by atoms with Crippen molar-refractivity contribution in [3.05, 3.63) is 36.1 Å². The van der Waals surface area contributed by atoms with Gasteiger partial charge < -0.3 is 19.0 Å². The van der Waals surface area contributed by atoms with Crippen LogP contribution in [0.3, 0.4) is 0 Å². The number of furan rings is 1. The van der Waals surface area contributed by atoms with E-state index in [2.05, 4.69) is 0 Å². The summed E-state index contributed by atoms with van der Waals surface area (Å²) in [7, 11) is 3.13. The Bertz CT molecular complexity index is 585. The lowest BCUT2D eigenvalue weighted by Crippen LogP contribution is -1.97. The van der Waals surface area contributed by atoms with Crippen molar-refractivity contribution in [3.63, 3.8) is 0 Å². The summed E-state index contributed by atoms with van der Waals surface area (Å²) in [5.74, 6) is 1.33. The molecule has 0 radical (unpaired) electrons. The molecule has 2 rings (SSSR count). The molecular weight excluding hydrogens is 248 g/mol. The van der Waals surface area contributed by atoms with E-state index in [0.29, 0.717) is 23.0 Å². The number of hydrogen-bond donors (Lipinski definition) is 1. The van der Waals surface area contributed by atoms with Gasteiger partial charge in [0, 0.05) is 6.07 Å². The van der Waals surface area contributed by atoms with Crippen LogP contribution in [0.25, 0.3) is 11.3 Å². The molecule has 5 nitrogen and oxygen atoms in total. The van der Waals surface area contributed by atoms with Crippen LogP contribution in [0.5, 0.6) is 11.5 Å². The Kier molecular flexibility index (Phi) is 3.75. The highest BCUT2D eigenvalue weighted by Gasteiger charge is 2.12. The smallest absolute Gasteiger partial charge is 0.311 e. The molecule has 0 fully saturated rings. The maximum Gasteiger partial charge on any atom is 0.311 e. The molecule has 1 heterocycles. The zero-order valence-corrected chi connectivity index (χ0v) is 10.7. The number of methoxy groups -OCH3 is 2. The lowest BCUT2D eigenvalue weighted by atomic mass is 10.1. The van der Waals surface area contributed by atoms with Crippen LogP contribution in [-0.4, -0.2) is 25.3 Å². The van der Waals surface area contributed by atoms with Crippen molar-refractivity contribution in [2.45, 2.75) is 6.42 Å². The maximum atomic E-state index is 10.6. The first-order valence-corrected chi connectivity index (χ1v) is 5.67. The predicted octanol–water partition coefficient (Wildman–Crippen LogP) is 2.59. The third kappa shape index (κ3) is 2.88. The number of rotatable bonds is 5. The van der Waals surface area contributed by atoms with E-state index in [-0.39, 0.29) is 6.42 Å². The monoisotopic (exact) mass is 262 g/mol. The van der Waals surface area contributed by atoms with Gasteiger partial charge in [0.15, 0.2) is 0 Å². The summed E-state index contributed by atoms with van der Waals surface area (Å²) in [4.78, 5) is 10.6. The topological polar surface area (TPSA) is 68.9 Å². The molecule has 0 spiro atoms. The molecule has 5 heteroatoms. The van der Waals surface area contributed by atoms with E-state index in [1.54, 1.807) is 44.6 Å². The van der Waals surface area contributed by atoms with E-state index in [1.807, 2.05) is 0 Å². The highest BCUT2D eigenvalue weighted by molar-refractivity contribution is 5.71. The van der Waals surface area contributed by atoms with Gasteiger partial charge in [0.2, 0.25) is 0 Å². The lowest BCUT2D eigenvalue weighted by Gasteiger charge is -2.08. The van der Waals surface area contributed by atoms with Crippen LogP contribution in [0.4, 0.5) is 0 Å². The Morgan fingerprint density at radius 1 is 1.21 bits per heavy atom. The minimum Gasteiger partial charge on any atom is -0.497 e. The van der Waals surface area contributed by atoms with E-state index in [1.165, 1.54) is 0 Å². The average molecular weight is 262 g/mol. The van der Waals surface area contributed by atoms with Crippen LogP contribution in [0.2, 0.25) is 0 Å². The molecule has 19 heavy (non-hydrogen) atoms. The van der Waals surface area contributed by atoms with Crippen LogP contribution in [0.1, 0.15) is 5.76 Å². The Labute approximate surface area is 110 Å². The summed E-state index contributed by atoms with van der Waals surface area (Å²) >= 11 is 0. The molecule has 1 aromatic carbocycles. The fourth-order valence-corrected chi connectivity index (χ4v) is 1.77. The molecule has 0 amide bonds. The summed E-state index contributed by atoms with van der Waals surface area (Å²) in [6.07, 6.45) is -0.140. The lowest BCUT2D eigenvalue weighted by molar-refractivity contribution is -0.136. The zero-order chi connectivity index (χ0) is 13.8. The second-order valence-electron chi connectivity index (χ2n) is 3.90.